The van der Waals surface area contributed by atoms with Crippen LogP contribution in [-0.4, -0.2) is 44.3 Å². The third kappa shape index (κ3) is 2.14. The summed E-state index contributed by atoms with van der Waals surface area (Å²) < 4.78 is 0. The van der Waals surface area contributed by atoms with Gasteiger partial charge in [0, 0.05) is 16.7 Å². The van der Waals surface area contributed by atoms with Crippen molar-refractivity contribution in [1.29, 1.82) is 0 Å². The van der Waals surface area contributed by atoms with Crippen molar-refractivity contribution < 1.29 is 20.4 Å². The number of aliphatic hydroxyl groups is 4. The second-order valence-electron chi connectivity index (χ2n) is 9.49. The number of allylic oxidation sites excluding steroid dienone is 2. The van der Waals surface area contributed by atoms with Gasteiger partial charge in [0.15, 0.2) is 0 Å². The first-order valence-corrected chi connectivity index (χ1v) is 9.80. The lowest BCUT2D eigenvalue weighted by Gasteiger charge is -2.60. The lowest BCUT2D eigenvalue weighted by atomic mass is 9.46. The maximum absolute atomic E-state index is 11.2. The van der Waals surface area contributed by atoms with E-state index in [9.17, 15) is 20.4 Å². The van der Waals surface area contributed by atoms with Gasteiger partial charge in [0.25, 0.3) is 0 Å². The summed E-state index contributed by atoms with van der Waals surface area (Å²) in [6.45, 7) is 5.95. The molecule has 4 aliphatic rings. The Morgan fingerprint density at radius 3 is 2.60 bits per heavy atom. The van der Waals surface area contributed by atoms with Crippen LogP contribution < -0.4 is 0 Å². The maximum atomic E-state index is 11.2. The van der Waals surface area contributed by atoms with Gasteiger partial charge >= 0.3 is 0 Å². The summed E-state index contributed by atoms with van der Waals surface area (Å²) in [5.74, 6) is 0.772. The topological polar surface area (TPSA) is 80.9 Å². The predicted molar refractivity (Wildman–Crippen MR) is 95.6 cm³/mol. The zero-order valence-corrected chi connectivity index (χ0v) is 15.5. The van der Waals surface area contributed by atoms with E-state index in [1.165, 1.54) is 5.57 Å². The summed E-state index contributed by atoms with van der Waals surface area (Å²) in [5, 5.41) is 42.7. The molecule has 0 aromatic carbocycles. The lowest BCUT2D eigenvalue weighted by molar-refractivity contribution is -0.194. The normalized spacial score (nSPS) is 55.8. The number of hydrogen-bond acceptors (Lipinski definition) is 4. The van der Waals surface area contributed by atoms with Crippen LogP contribution in [0.4, 0.5) is 0 Å². The highest BCUT2D eigenvalue weighted by molar-refractivity contribution is 5.34. The molecule has 0 bridgehead atoms. The quantitative estimate of drug-likeness (QED) is 0.548. The Labute approximate surface area is 150 Å². The molecule has 3 saturated carbocycles. The minimum Gasteiger partial charge on any atom is -0.393 e. The summed E-state index contributed by atoms with van der Waals surface area (Å²) in [7, 11) is 0. The Hall–Kier alpha value is -0.680. The van der Waals surface area contributed by atoms with Crippen LogP contribution in [0.2, 0.25) is 0 Å². The molecule has 0 radical (unpaired) electrons. The van der Waals surface area contributed by atoms with Gasteiger partial charge in [-0.05, 0) is 50.9 Å². The first kappa shape index (κ1) is 17.7. The Kier molecular flexibility index (Phi) is 3.84. The van der Waals surface area contributed by atoms with Crippen LogP contribution in [-0.2, 0) is 0 Å². The second-order valence-corrected chi connectivity index (χ2v) is 9.49. The van der Waals surface area contributed by atoms with E-state index >= 15 is 0 Å². The van der Waals surface area contributed by atoms with Gasteiger partial charge in [0.2, 0.25) is 0 Å². The molecule has 0 spiro atoms. The second kappa shape index (κ2) is 5.41. The van der Waals surface area contributed by atoms with Gasteiger partial charge in [-0.2, -0.15) is 0 Å². The van der Waals surface area contributed by atoms with Gasteiger partial charge in [0.05, 0.1) is 23.9 Å². The van der Waals surface area contributed by atoms with Gasteiger partial charge in [-0.25, -0.2) is 0 Å². The molecule has 4 N–H and O–H groups in total. The van der Waals surface area contributed by atoms with Gasteiger partial charge in [-0.15, -0.1) is 0 Å². The van der Waals surface area contributed by atoms with E-state index < -0.39 is 29.3 Å². The van der Waals surface area contributed by atoms with Gasteiger partial charge in [0.1, 0.15) is 0 Å². The molecular weight excluding hydrogens is 316 g/mol. The summed E-state index contributed by atoms with van der Waals surface area (Å²) in [5.41, 5.74) is -0.527. The molecule has 0 aromatic heterocycles. The van der Waals surface area contributed by atoms with E-state index in [4.69, 9.17) is 0 Å². The van der Waals surface area contributed by atoms with Crippen LogP contribution in [0, 0.1) is 28.6 Å². The SMILES string of the molecule is CC(O)[C@@]1(O)CC[C@H]2[C@@H]3CCC4=CC(O)C=C[C@]4(C)[C@H]3C(O)C[C@@]21C. The van der Waals surface area contributed by atoms with Crippen LogP contribution in [0.15, 0.2) is 23.8 Å². The maximum Gasteiger partial charge on any atom is 0.0959 e. The van der Waals surface area contributed by atoms with E-state index in [1.807, 2.05) is 12.2 Å². The first-order chi connectivity index (χ1) is 11.6. The zero-order chi connectivity index (χ0) is 18.2. The Morgan fingerprint density at radius 2 is 1.92 bits per heavy atom. The fraction of sp³-hybridized carbons (Fsp3) is 0.810. The number of fused-ring (bicyclic) bond motifs is 5. The van der Waals surface area contributed by atoms with Crippen LogP contribution in [0.3, 0.4) is 0 Å². The summed E-state index contributed by atoms with van der Waals surface area (Å²) in [6, 6.07) is 0. The highest BCUT2D eigenvalue weighted by atomic mass is 16.3. The third-order valence-corrected chi connectivity index (χ3v) is 8.50. The first-order valence-electron chi connectivity index (χ1n) is 9.80. The van der Waals surface area contributed by atoms with Crippen molar-refractivity contribution in [3.05, 3.63) is 23.8 Å². The molecular formula is C21H32O4. The predicted octanol–water partition coefficient (Wildman–Crippen LogP) is 2.17. The van der Waals surface area contributed by atoms with Crippen LogP contribution in [0.25, 0.3) is 0 Å². The van der Waals surface area contributed by atoms with Crippen LogP contribution in [0.1, 0.15) is 52.9 Å². The van der Waals surface area contributed by atoms with E-state index in [1.54, 1.807) is 6.92 Å². The Morgan fingerprint density at radius 1 is 1.20 bits per heavy atom. The molecule has 3 unspecified atom stereocenters. The molecule has 0 saturated heterocycles. The summed E-state index contributed by atoms with van der Waals surface area (Å²) >= 11 is 0. The van der Waals surface area contributed by atoms with E-state index in [-0.39, 0.29) is 11.3 Å². The van der Waals surface area contributed by atoms with E-state index in [2.05, 4.69) is 19.9 Å². The van der Waals surface area contributed by atoms with Crippen molar-refractivity contribution in [3.8, 4) is 0 Å². The van der Waals surface area contributed by atoms with Crippen molar-refractivity contribution in [2.45, 2.75) is 76.8 Å². The Bertz CT molecular complexity index is 625. The van der Waals surface area contributed by atoms with Crippen LogP contribution >= 0.6 is 0 Å². The van der Waals surface area contributed by atoms with Crippen LogP contribution in [0.5, 0.6) is 0 Å². The third-order valence-electron chi connectivity index (χ3n) is 8.50. The number of rotatable bonds is 1. The lowest BCUT2D eigenvalue weighted by Crippen LogP contribution is -2.61. The molecule has 0 aromatic rings. The molecule has 4 nitrogen and oxygen atoms in total. The summed E-state index contributed by atoms with van der Waals surface area (Å²) in [4.78, 5) is 0. The summed E-state index contributed by atoms with van der Waals surface area (Å²) in [6.07, 6.45) is 8.05. The van der Waals surface area contributed by atoms with Crippen molar-refractivity contribution in [2.75, 3.05) is 0 Å². The smallest absolute Gasteiger partial charge is 0.0959 e. The fourth-order valence-electron chi connectivity index (χ4n) is 7.17. The standard InChI is InChI=1S/C21H32O4/c1-12(22)21(25)9-7-16-15-5-4-13-10-14(23)6-8-19(13,2)18(15)17(24)11-20(16,21)3/h6,8,10,12,14-18,22-25H,4-5,7,9,11H2,1-3H3/t12?,14?,15-,16-,17?,18+,19-,20-,21-/m0/s1. The van der Waals surface area contributed by atoms with Crippen molar-refractivity contribution in [3.63, 3.8) is 0 Å². The molecule has 0 amide bonds. The van der Waals surface area contributed by atoms with Crippen molar-refractivity contribution >= 4 is 0 Å². The molecule has 4 rings (SSSR count). The van der Waals surface area contributed by atoms with Gasteiger partial charge in [-0.3, -0.25) is 0 Å². The molecule has 4 aliphatic carbocycles. The van der Waals surface area contributed by atoms with E-state index in [0.717, 1.165) is 19.3 Å². The van der Waals surface area contributed by atoms with Crippen molar-refractivity contribution in [1.82, 2.24) is 0 Å². The monoisotopic (exact) mass is 348 g/mol. The zero-order valence-electron chi connectivity index (χ0n) is 15.5. The molecule has 0 aliphatic heterocycles. The fourth-order valence-corrected chi connectivity index (χ4v) is 7.17. The highest BCUT2D eigenvalue weighted by Gasteiger charge is 2.67. The average molecular weight is 348 g/mol. The molecule has 25 heavy (non-hydrogen) atoms. The van der Waals surface area contributed by atoms with E-state index in [0.29, 0.717) is 24.7 Å². The van der Waals surface area contributed by atoms with Gasteiger partial charge < -0.3 is 20.4 Å². The minimum absolute atomic E-state index is 0.116. The minimum atomic E-state index is -1.11. The molecule has 4 heteroatoms. The Balaban J connectivity index is 1.74. The largest absolute Gasteiger partial charge is 0.393 e. The number of hydrogen-bond donors (Lipinski definition) is 4. The molecule has 9 atom stereocenters. The highest BCUT2D eigenvalue weighted by Crippen LogP contribution is 2.67. The molecule has 3 fully saturated rings. The van der Waals surface area contributed by atoms with Gasteiger partial charge in [-0.1, -0.05) is 37.6 Å². The molecule has 140 valence electrons. The average Bonchev–Trinajstić information content (AvgIpc) is 2.80. The number of aliphatic hydroxyl groups excluding tert-OH is 3. The molecule has 0 heterocycles. The van der Waals surface area contributed by atoms with Crippen molar-refractivity contribution in [2.24, 2.45) is 28.6 Å².